The van der Waals surface area contributed by atoms with Gasteiger partial charge in [-0.15, -0.1) is 0 Å². The molecule has 0 radical (unpaired) electrons. The molecule has 4 aromatic rings. The van der Waals surface area contributed by atoms with E-state index in [4.69, 9.17) is 0 Å². The Morgan fingerprint density at radius 1 is 0.846 bits per heavy atom. The van der Waals surface area contributed by atoms with Crippen LogP contribution in [0.3, 0.4) is 0 Å². The monoisotopic (exact) mass is 565 g/mol. The molecule has 0 atom stereocenters. The highest BCUT2D eigenvalue weighted by atomic mass is 32.5. The van der Waals surface area contributed by atoms with Crippen LogP contribution in [0.15, 0.2) is 71.8 Å². The molecule has 0 aliphatic carbocycles. The maximum Gasteiger partial charge on any atom is 0.310 e. The second-order valence-electron chi connectivity index (χ2n) is 9.76. The van der Waals surface area contributed by atoms with Gasteiger partial charge in [0.25, 0.3) is 5.91 Å². The molecular formula is C27H28F5N5OS. The Morgan fingerprint density at radius 2 is 1.38 bits per heavy atom. The molecule has 0 unspecified atom stereocenters. The molecule has 2 aromatic heterocycles. The van der Waals surface area contributed by atoms with Crippen molar-refractivity contribution in [3.05, 3.63) is 89.4 Å². The number of aromatic nitrogens is 2. The highest BCUT2D eigenvalue weighted by Crippen LogP contribution is 3.02. The van der Waals surface area contributed by atoms with Crippen LogP contribution in [0, 0.1) is 13.8 Å². The number of carbonyl (C=O) groups excluding carboxylic acids is 1. The fourth-order valence-electron chi connectivity index (χ4n) is 4.77. The number of anilines is 2. The number of fused-ring (bicyclic) bond motifs is 1. The van der Waals surface area contributed by atoms with Crippen LogP contribution in [0.5, 0.6) is 0 Å². The fraction of sp³-hybridized carbons (Fsp3) is 0.259. The van der Waals surface area contributed by atoms with Crippen LogP contribution in [-0.2, 0) is 6.54 Å². The number of imidazole rings is 1. The lowest BCUT2D eigenvalue weighted by Crippen LogP contribution is -2.46. The van der Waals surface area contributed by atoms with Crippen molar-refractivity contribution in [2.24, 2.45) is 0 Å². The maximum atomic E-state index is 13.0. The first-order valence-corrected chi connectivity index (χ1v) is 14.3. The zero-order valence-electron chi connectivity index (χ0n) is 21.4. The van der Waals surface area contributed by atoms with Crippen LogP contribution >= 0.6 is 10.2 Å². The van der Waals surface area contributed by atoms with Gasteiger partial charge in [-0.25, -0.2) is 4.98 Å². The fourth-order valence-corrected chi connectivity index (χ4v) is 5.42. The summed E-state index contributed by atoms with van der Waals surface area (Å²) in [6.07, 6.45) is 1.84. The third kappa shape index (κ3) is 5.80. The lowest BCUT2D eigenvalue weighted by atomic mass is 10.1. The van der Waals surface area contributed by atoms with Gasteiger partial charge in [0.05, 0.1) is 5.69 Å². The van der Waals surface area contributed by atoms with E-state index in [1.807, 2.05) is 61.3 Å². The Labute approximate surface area is 222 Å². The zero-order chi connectivity index (χ0) is 28.1. The number of nitrogens with zero attached hydrogens (tertiary/aromatic N) is 4. The Morgan fingerprint density at radius 3 is 1.92 bits per heavy atom. The van der Waals surface area contributed by atoms with E-state index in [9.17, 15) is 24.2 Å². The highest BCUT2D eigenvalue weighted by Gasteiger charge is 2.65. The number of aryl methyl sites for hydroxylation is 2. The second kappa shape index (κ2) is 8.87. The first-order chi connectivity index (χ1) is 18.2. The van der Waals surface area contributed by atoms with Gasteiger partial charge in [-0.05, 0) is 73.5 Å². The molecule has 1 saturated heterocycles. The third-order valence-corrected chi connectivity index (χ3v) is 8.02. The van der Waals surface area contributed by atoms with E-state index in [1.54, 1.807) is 4.40 Å². The van der Waals surface area contributed by atoms with Crippen LogP contribution in [0.25, 0.3) is 5.65 Å². The molecule has 1 amide bonds. The second-order valence-corrected chi connectivity index (χ2v) is 12.2. The Balaban J connectivity index is 1.17. The molecule has 0 saturated carbocycles. The SMILES string of the molecule is Cc1ccn2c(C(=O)NCc3ccc(N4CCN(c5ccc(S(F)(F)(F)(F)F)cc5)CC4)cc3)c(C)nc2c1. The van der Waals surface area contributed by atoms with Gasteiger partial charge in [0.1, 0.15) is 16.2 Å². The van der Waals surface area contributed by atoms with Gasteiger partial charge < -0.3 is 15.1 Å². The number of piperazine rings is 1. The summed E-state index contributed by atoms with van der Waals surface area (Å²) in [4.78, 5) is 19.5. The van der Waals surface area contributed by atoms with Crippen molar-refractivity contribution in [2.75, 3.05) is 36.0 Å². The number of rotatable bonds is 6. The minimum Gasteiger partial charge on any atom is -0.368 e. The largest absolute Gasteiger partial charge is 0.368 e. The summed E-state index contributed by atoms with van der Waals surface area (Å²) in [5, 5.41) is 2.95. The Hall–Kier alpha value is -3.80. The van der Waals surface area contributed by atoms with E-state index in [0.29, 0.717) is 61.9 Å². The van der Waals surface area contributed by atoms with Gasteiger partial charge in [0.2, 0.25) is 0 Å². The summed E-state index contributed by atoms with van der Waals surface area (Å²) < 4.78 is 66.7. The molecule has 5 rings (SSSR count). The van der Waals surface area contributed by atoms with E-state index in [0.717, 1.165) is 34.6 Å². The van der Waals surface area contributed by atoms with Gasteiger partial charge in [0, 0.05) is 50.3 Å². The molecule has 1 aliphatic heterocycles. The molecule has 39 heavy (non-hydrogen) atoms. The summed E-state index contributed by atoms with van der Waals surface area (Å²) in [6.45, 7) is 6.43. The zero-order valence-corrected chi connectivity index (χ0v) is 22.2. The lowest BCUT2D eigenvalue weighted by Gasteiger charge is -2.41. The van der Waals surface area contributed by atoms with Crippen molar-refractivity contribution in [3.8, 4) is 0 Å². The van der Waals surface area contributed by atoms with Gasteiger partial charge >= 0.3 is 10.2 Å². The van der Waals surface area contributed by atoms with Gasteiger partial charge in [-0.3, -0.25) is 9.20 Å². The quantitative estimate of drug-likeness (QED) is 0.260. The van der Waals surface area contributed by atoms with Crippen molar-refractivity contribution in [1.29, 1.82) is 0 Å². The predicted octanol–water partition coefficient (Wildman–Crippen LogP) is 6.87. The number of pyridine rings is 1. The maximum absolute atomic E-state index is 13.0. The highest BCUT2D eigenvalue weighted by molar-refractivity contribution is 8.45. The van der Waals surface area contributed by atoms with Gasteiger partial charge in [-0.1, -0.05) is 31.6 Å². The average molecular weight is 566 g/mol. The van der Waals surface area contributed by atoms with Crippen LogP contribution < -0.4 is 15.1 Å². The van der Waals surface area contributed by atoms with Crippen LogP contribution in [0.4, 0.5) is 30.8 Å². The molecule has 3 heterocycles. The minimum atomic E-state index is -9.67. The van der Waals surface area contributed by atoms with E-state index in [-0.39, 0.29) is 5.91 Å². The number of carbonyl (C=O) groups is 1. The number of amides is 1. The smallest absolute Gasteiger partial charge is 0.310 e. The summed E-state index contributed by atoms with van der Waals surface area (Å²) in [5.74, 6) is -0.210. The lowest BCUT2D eigenvalue weighted by molar-refractivity contribution is 0.0944. The Bertz CT molecular complexity index is 1530. The molecule has 12 heteroatoms. The number of hydrogen-bond donors (Lipinski definition) is 1. The van der Waals surface area contributed by atoms with E-state index >= 15 is 0 Å². The van der Waals surface area contributed by atoms with Crippen molar-refractivity contribution in [2.45, 2.75) is 25.3 Å². The molecule has 1 N–H and O–H groups in total. The van der Waals surface area contributed by atoms with Crippen molar-refractivity contribution in [1.82, 2.24) is 14.7 Å². The summed E-state index contributed by atoms with van der Waals surface area (Å²) >= 11 is 0. The molecular weight excluding hydrogens is 537 g/mol. The molecule has 208 valence electrons. The average Bonchev–Trinajstić information content (AvgIpc) is 3.21. The number of benzene rings is 2. The standard InChI is InChI=1S/C27H28F5N5OS/c1-19-11-12-37-25(17-19)34-20(2)26(37)27(38)33-18-21-3-5-22(6-4-21)35-13-15-36(16-14-35)23-7-9-24(10-8-23)39(28,29,30,31)32/h3-12,17H,13-16,18H2,1-2H3,(H,33,38). The normalized spacial score (nSPS) is 16.2. The number of nitrogens with one attached hydrogen (secondary N) is 1. The first-order valence-electron chi connectivity index (χ1n) is 12.3. The van der Waals surface area contributed by atoms with Crippen LogP contribution in [0.2, 0.25) is 0 Å². The van der Waals surface area contributed by atoms with Crippen LogP contribution in [-0.4, -0.2) is 41.5 Å². The molecule has 0 bridgehead atoms. The van der Waals surface area contributed by atoms with E-state index in [2.05, 4.69) is 15.2 Å². The van der Waals surface area contributed by atoms with E-state index < -0.39 is 15.1 Å². The molecule has 1 aliphatic rings. The van der Waals surface area contributed by atoms with Crippen LogP contribution in [0.1, 0.15) is 27.3 Å². The predicted molar refractivity (Wildman–Crippen MR) is 145 cm³/mol. The first kappa shape index (κ1) is 26.8. The van der Waals surface area contributed by atoms with Gasteiger partial charge in [0.15, 0.2) is 0 Å². The summed E-state index contributed by atoms with van der Waals surface area (Å²) in [7, 11) is -9.67. The number of halogens is 5. The molecule has 1 fully saturated rings. The summed E-state index contributed by atoms with van der Waals surface area (Å²) in [6, 6.07) is 14.8. The molecule has 6 nitrogen and oxygen atoms in total. The summed E-state index contributed by atoms with van der Waals surface area (Å²) in [5.41, 5.74) is 5.33. The van der Waals surface area contributed by atoms with Gasteiger partial charge in [-0.2, -0.15) is 0 Å². The minimum absolute atomic E-state index is 0.210. The Kier molecular flexibility index (Phi) is 6.09. The van der Waals surface area contributed by atoms with Crippen molar-refractivity contribution in [3.63, 3.8) is 0 Å². The topological polar surface area (TPSA) is 52.9 Å². The molecule has 0 spiro atoms. The number of hydrogen-bond acceptors (Lipinski definition) is 4. The van der Waals surface area contributed by atoms with E-state index in [1.165, 1.54) is 0 Å². The third-order valence-electron chi connectivity index (χ3n) is 6.85. The van der Waals surface area contributed by atoms with Crippen molar-refractivity contribution >= 4 is 33.2 Å². The van der Waals surface area contributed by atoms with Crippen molar-refractivity contribution < 1.29 is 24.2 Å². The molecule has 2 aromatic carbocycles.